The molecule has 5 nitrogen and oxygen atoms in total. The maximum atomic E-state index is 15.4. The van der Waals surface area contributed by atoms with Crippen molar-refractivity contribution in [1.29, 1.82) is 0 Å². The smallest absolute Gasteiger partial charge is 0.135 e. The lowest BCUT2D eigenvalue weighted by atomic mass is 9.67. The lowest BCUT2D eigenvalue weighted by Crippen LogP contribution is -2.29. The van der Waals surface area contributed by atoms with E-state index in [4.69, 9.17) is 13.9 Å². The van der Waals surface area contributed by atoms with Crippen LogP contribution in [0.2, 0.25) is 0 Å². The Morgan fingerprint density at radius 2 is 0.664 bits per heavy atom. The Morgan fingerprint density at radius 3 is 1.03 bits per heavy atom. The summed E-state index contributed by atoms with van der Waals surface area (Å²) >= 11 is 0. The quantitative estimate of drug-likeness (QED) is 0.0564. The van der Waals surface area contributed by atoms with Crippen molar-refractivity contribution in [1.82, 2.24) is 0 Å². The Labute approximate surface area is 663 Å². The summed E-state index contributed by atoms with van der Waals surface area (Å²) in [5.41, 5.74) is 26.2. The van der Waals surface area contributed by atoms with Gasteiger partial charge in [-0.15, -0.1) is 0 Å². The number of nitrogens with zero attached hydrogens (tertiary/aromatic N) is 2. The molecule has 2 aliphatic carbocycles. The molecule has 1 aromatic heterocycles. The molecule has 0 radical (unpaired) electrons. The molecule has 2 unspecified atom stereocenters. The predicted octanol–water partition coefficient (Wildman–Crippen LogP) is 28.2. The maximum Gasteiger partial charge on any atom is 0.135 e. The predicted molar refractivity (Wildman–Crippen MR) is 465 cm³/mol. The van der Waals surface area contributed by atoms with Crippen LogP contribution in [0.4, 0.5) is 42.9 Å². The molecule has 0 N–H and O–H groups in total. The number of furan rings is 1. The molecule has 0 saturated heterocycles. The van der Waals surface area contributed by atoms with Crippen molar-refractivity contribution in [2.45, 2.75) is 102 Å². The first kappa shape index (κ1) is 73.2. The Hall–Kier alpha value is -12.6. The maximum absolute atomic E-state index is 15.4. The first-order valence-corrected chi connectivity index (χ1v) is 39.6. The minimum absolute atomic E-state index is 0.0641. The lowest BCUT2D eigenvalue weighted by molar-refractivity contribution is 0.307. The highest BCUT2D eigenvalue weighted by Gasteiger charge is 2.48. The fourth-order valence-electron chi connectivity index (χ4n) is 17.4. The molecule has 1 heterocycles. The van der Waals surface area contributed by atoms with Crippen molar-refractivity contribution >= 4 is 68.2 Å². The van der Waals surface area contributed by atoms with Crippen LogP contribution in [0.25, 0.3) is 56.3 Å². The third-order valence-corrected chi connectivity index (χ3v) is 23.3. The van der Waals surface area contributed by atoms with Gasteiger partial charge in [-0.05, 0) is 283 Å². The number of anilines is 6. The molecule has 2 atom stereocenters. The summed E-state index contributed by atoms with van der Waals surface area (Å²) in [7, 11) is 0. The first-order valence-electron chi connectivity index (χ1n) is 39.6. The highest BCUT2D eigenvalue weighted by Crippen LogP contribution is 2.60. The molecule has 113 heavy (non-hydrogen) atoms. The second kappa shape index (κ2) is 30.3. The first-order chi connectivity index (χ1) is 55.0. The molecule has 0 aliphatic heterocycles. The van der Waals surface area contributed by atoms with Gasteiger partial charge in [0, 0.05) is 44.9 Å². The molecular formula is C106H92F2N2O3. The SMILES string of the molecule is C=Cc1ccc(OCCCCc2ccc(C3(c4ccc(C(C)(C)C)cc4)c4ccccc4-c4ccc(N(c5ccc(F)cc5)c5ccc6oc7ccc(N(c8ccc(F)cc8)c8ccc9c(c8)C(c8ccc(CCCCOc%10ccc(C=C)cc%10)cc8)(c8ccc(C(C)(C)C)cc8)c8ccccc8-9)cc7c6c5)cc43)cc2)cc1. The topological polar surface area (TPSA) is 38.1 Å². The van der Waals surface area contributed by atoms with Gasteiger partial charge in [0.2, 0.25) is 0 Å². The average molecular weight is 1480 g/mol. The van der Waals surface area contributed by atoms with E-state index in [-0.39, 0.29) is 22.5 Å². The summed E-state index contributed by atoms with van der Waals surface area (Å²) in [6.07, 6.45) is 9.35. The van der Waals surface area contributed by atoms with Crippen LogP contribution < -0.4 is 19.3 Å². The molecule has 7 heteroatoms. The molecule has 15 aromatic rings. The van der Waals surface area contributed by atoms with Crippen LogP contribution in [-0.4, -0.2) is 13.2 Å². The molecule has 2 aliphatic rings. The van der Waals surface area contributed by atoms with Crippen molar-refractivity contribution < 1.29 is 22.7 Å². The second-order valence-corrected chi connectivity index (χ2v) is 32.3. The van der Waals surface area contributed by atoms with Crippen molar-refractivity contribution in [2.75, 3.05) is 23.0 Å². The molecule has 0 spiro atoms. The Balaban J connectivity index is 0.758. The van der Waals surface area contributed by atoms with E-state index in [0.717, 1.165) is 128 Å². The van der Waals surface area contributed by atoms with Gasteiger partial charge in [0.15, 0.2) is 0 Å². The van der Waals surface area contributed by atoms with Gasteiger partial charge >= 0.3 is 0 Å². The zero-order valence-electron chi connectivity index (χ0n) is 65.1. The summed E-state index contributed by atoms with van der Waals surface area (Å²) in [5.74, 6) is 1.09. The van der Waals surface area contributed by atoms with E-state index in [9.17, 15) is 0 Å². The molecule has 0 amide bonds. The Kier molecular flexibility index (Phi) is 19.6. The van der Waals surface area contributed by atoms with Crippen LogP contribution >= 0.6 is 0 Å². The van der Waals surface area contributed by atoms with Gasteiger partial charge in [-0.1, -0.05) is 249 Å². The molecule has 0 bridgehead atoms. The number of hydrogen-bond acceptors (Lipinski definition) is 5. The van der Waals surface area contributed by atoms with Crippen molar-refractivity contribution in [3.63, 3.8) is 0 Å². The number of hydrogen-bond donors (Lipinski definition) is 0. The number of benzene rings is 14. The second-order valence-electron chi connectivity index (χ2n) is 32.3. The summed E-state index contributed by atoms with van der Waals surface area (Å²) in [4.78, 5) is 4.49. The Bertz CT molecular complexity index is 5620. The summed E-state index contributed by atoms with van der Waals surface area (Å²) in [5, 5.41) is 1.79. The van der Waals surface area contributed by atoms with Gasteiger partial charge < -0.3 is 23.7 Å². The minimum Gasteiger partial charge on any atom is -0.494 e. The van der Waals surface area contributed by atoms with E-state index in [1.807, 2.05) is 84.9 Å². The van der Waals surface area contributed by atoms with E-state index >= 15 is 8.78 Å². The summed E-state index contributed by atoms with van der Waals surface area (Å²) < 4.78 is 50.0. The van der Waals surface area contributed by atoms with E-state index in [0.29, 0.717) is 24.4 Å². The monoisotopic (exact) mass is 1480 g/mol. The normalized spacial score (nSPS) is 14.8. The highest BCUT2D eigenvalue weighted by molar-refractivity contribution is 6.08. The van der Waals surface area contributed by atoms with Crippen LogP contribution in [-0.2, 0) is 34.5 Å². The summed E-state index contributed by atoms with van der Waals surface area (Å²) in [6.45, 7) is 22.7. The fraction of sp³-hybridized carbons (Fsp3) is 0.170. The number of aryl methyl sites for hydroxylation is 2. The van der Waals surface area contributed by atoms with Crippen molar-refractivity contribution in [2.24, 2.45) is 0 Å². The molecule has 0 fully saturated rings. The summed E-state index contributed by atoms with van der Waals surface area (Å²) in [6, 6.07) is 111. The highest BCUT2D eigenvalue weighted by atomic mass is 19.1. The minimum atomic E-state index is -0.733. The van der Waals surface area contributed by atoms with Crippen LogP contribution in [0.1, 0.15) is 145 Å². The molecule has 14 aromatic carbocycles. The van der Waals surface area contributed by atoms with Gasteiger partial charge in [-0.25, -0.2) is 8.78 Å². The number of unbranched alkanes of at least 4 members (excludes halogenated alkanes) is 2. The van der Waals surface area contributed by atoms with Crippen LogP contribution in [0.5, 0.6) is 11.5 Å². The zero-order chi connectivity index (χ0) is 77.6. The number of ether oxygens (including phenoxy) is 2. The standard InChI is InChI=1S/C106H92F2N2O3/c1-9-71-29-57-89(58-30-71)111-65-17-15-19-73-25-33-77(34-26-73)105(79-41-37-75(38-42-79)103(3,4)5)97-23-13-11-21-91(97)93-61-53-87(69-99(93)105)109(83-49-45-81(107)46-50-83)85-55-63-101-95(67-85)96-68-86(56-64-102(96)113-101)110(84-51-47-82(108)48-52-84)88-54-62-94-92-22-12-14-24-98(92)106(100(94)70-88,80-43-39-76(40-44-80)104(6,7)8)78-35-27-74(28-36-78)20-16-18-66-112-90-59-31-72(10-2)32-60-90/h9-14,21-64,67-70H,1-2,15-20,65-66H2,3-8H3. The van der Waals surface area contributed by atoms with Crippen LogP contribution in [0.3, 0.4) is 0 Å². The van der Waals surface area contributed by atoms with Gasteiger partial charge in [0.05, 0.1) is 24.0 Å². The van der Waals surface area contributed by atoms with E-state index in [2.05, 4.69) is 283 Å². The van der Waals surface area contributed by atoms with Gasteiger partial charge in [0.25, 0.3) is 0 Å². The number of rotatable bonds is 24. The van der Waals surface area contributed by atoms with Crippen LogP contribution in [0, 0.1) is 11.6 Å². The van der Waals surface area contributed by atoms with Crippen molar-refractivity contribution in [3.05, 3.63) is 418 Å². The average Bonchev–Trinajstić information content (AvgIpc) is 1.55. The Morgan fingerprint density at radius 1 is 0.336 bits per heavy atom. The van der Waals surface area contributed by atoms with E-state index in [1.54, 1.807) is 0 Å². The third kappa shape index (κ3) is 13.8. The van der Waals surface area contributed by atoms with E-state index in [1.165, 1.54) is 91.0 Å². The molecule has 17 rings (SSSR count). The fourth-order valence-corrected chi connectivity index (χ4v) is 17.4. The number of halogens is 2. The van der Waals surface area contributed by atoms with Gasteiger partial charge in [0.1, 0.15) is 34.3 Å². The van der Waals surface area contributed by atoms with Crippen molar-refractivity contribution in [3.8, 4) is 33.8 Å². The van der Waals surface area contributed by atoms with Gasteiger partial charge in [-0.2, -0.15) is 0 Å². The molecular weight excluding hydrogens is 1390 g/mol. The van der Waals surface area contributed by atoms with Crippen LogP contribution in [0.15, 0.2) is 333 Å². The van der Waals surface area contributed by atoms with Gasteiger partial charge in [-0.3, -0.25) is 0 Å². The molecule has 0 saturated carbocycles. The third-order valence-electron chi connectivity index (χ3n) is 23.3. The molecule has 558 valence electrons. The zero-order valence-corrected chi connectivity index (χ0v) is 65.1. The number of fused-ring (bicyclic) bond motifs is 9. The lowest BCUT2D eigenvalue weighted by Gasteiger charge is -2.35. The van der Waals surface area contributed by atoms with E-state index < -0.39 is 10.8 Å². The largest absolute Gasteiger partial charge is 0.494 e.